The molecule has 1 N–H and O–H groups in total. The Hall–Kier alpha value is -2.35. The highest BCUT2D eigenvalue weighted by atomic mass is 16.5. The largest absolute Gasteiger partial charge is 0.461 e. The summed E-state index contributed by atoms with van der Waals surface area (Å²) in [7, 11) is 0. The van der Waals surface area contributed by atoms with E-state index in [1.807, 2.05) is 19.1 Å². The van der Waals surface area contributed by atoms with E-state index in [0.717, 1.165) is 5.56 Å². The van der Waals surface area contributed by atoms with Gasteiger partial charge < -0.3 is 4.74 Å². The Morgan fingerprint density at radius 3 is 2.65 bits per heavy atom. The van der Waals surface area contributed by atoms with E-state index in [2.05, 4.69) is 15.3 Å². The van der Waals surface area contributed by atoms with Crippen LogP contribution in [-0.2, 0) is 9.53 Å². The predicted molar refractivity (Wildman–Crippen MR) is 64.5 cm³/mol. The summed E-state index contributed by atoms with van der Waals surface area (Å²) in [5, 5.41) is 12.4. The van der Waals surface area contributed by atoms with Gasteiger partial charge in [0.05, 0.1) is 12.3 Å². The van der Waals surface area contributed by atoms with Crippen LogP contribution in [0.25, 0.3) is 0 Å². The van der Waals surface area contributed by atoms with E-state index >= 15 is 0 Å². The van der Waals surface area contributed by atoms with Gasteiger partial charge in [-0.1, -0.05) is 17.7 Å². The summed E-state index contributed by atoms with van der Waals surface area (Å²) in [5.74, 6) is -0.727. The lowest BCUT2D eigenvalue weighted by atomic mass is 10.2. The lowest BCUT2D eigenvalue weighted by Crippen LogP contribution is -2.17. The van der Waals surface area contributed by atoms with Crippen molar-refractivity contribution in [1.82, 2.24) is 0 Å². The fourth-order valence-electron chi connectivity index (χ4n) is 1.06. The summed E-state index contributed by atoms with van der Waals surface area (Å²) >= 11 is 0. The van der Waals surface area contributed by atoms with E-state index in [0.29, 0.717) is 5.69 Å². The molecule has 0 atom stereocenters. The zero-order chi connectivity index (χ0) is 12.7. The Morgan fingerprint density at radius 1 is 1.47 bits per heavy atom. The van der Waals surface area contributed by atoms with E-state index in [-0.39, 0.29) is 12.3 Å². The number of rotatable bonds is 4. The van der Waals surface area contributed by atoms with Crippen LogP contribution in [0.5, 0.6) is 0 Å². The molecular weight excluding hydrogens is 218 g/mol. The molecule has 5 heteroatoms. The van der Waals surface area contributed by atoms with Crippen LogP contribution in [0.2, 0.25) is 0 Å². The molecule has 0 radical (unpaired) electrons. The molecule has 0 aliphatic carbocycles. The van der Waals surface area contributed by atoms with E-state index in [4.69, 9.17) is 5.26 Å². The van der Waals surface area contributed by atoms with Crippen LogP contribution in [0.1, 0.15) is 12.5 Å². The Kier molecular flexibility index (Phi) is 4.70. The fourth-order valence-corrected chi connectivity index (χ4v) is 1.06. The van der Waals surface area contributed by atoms with Gasteiger partial charge in [0.1, 0.15) is 6.07 Å². The topological polar surface area (TPSA) is 74.5 Å². The van der Waals surface area contributed by atoms with Gasteiger partial charge in [-0.3, -0.25) is 5.43 Å². The summed E-state index contributed by atoms with van der Waals surface area (Å²) in [4.78, 5) is 11.2. The molecule has 0 saturated carbocycles. The SMILES string of the molecule is CCOC(=O)/C(C#N)=N/Nc1ccc(C)cc1. The third-order valence-corrected chi connectivity index (χ3v) is 1.92. The van der Waals surface area contributed by atoms with Crippen LogP contribution < -0.4 is 5.43 Å². The molecule has 17 heavy (non-hydrogen) atoms. The van der Waals surface area contributed by atoms with Crippen molar-refractivity contribution in [3.8, 4) is 6.07 Å². The minimum Gasteiger partial charge on any atom is -0.461 e. The van der Waals surface area contributed by atoms with Gasteiger partial charge >= 0.3 is 5.97 Å². The number of nitriles is 1. The van der Waals surface area contributed by atoms with Crippen LogP contribution in [0.15, 0.2) is 29.4 Å². The Balaban J connectivity index is 2.71. The Labute approximate surface area is 99.7 Å². The van der Waals surface area contributed by atoms with Crippen molar-refractivity contribution >= 4 is 17.4 Å². The molecule has 0 heterocycles. The summed E-state index contributed by atoms with van der Waals surface area (Å²) in [6, 6.07) is 9.08. The van der Waals surface area contributed by atoms with Crippen molar-refractivity contribution in [3.63, 3.8) is 0 Å². The van der Waals surface area contributed by atoms with Crippen molar-refractivity contribution in [2.45, 2.75) is 13.8 Å². The second kappa shape index (κ2) is 6.28. The molecule has 1 aromatic rings. The first kappa shape index (κ1) is 12.7. The minimum atomic E-state index is -0.727. The van der Waals surface area contributed by atoms with Crippen molar-refractivity contribution < 1.29 is 9.53 Å². The first-order valence-corrected chi connectivity index (χ1v) is 5.15. The molecule has 0 bridgehead atoms. The van der Waals surface area contributed by atoms with Crippen molar-refractivity contribution in [1.29, 1.82) is 5.26 Å². The van der Waals surface area contributed by atoms with Crippen LogP contribution >= 0.6 is 0 Å². The van der Waals surface area contributed by atoms with Crippen LogP contribution in [0.3, 0.4) is 0 Å². The monoisotopic (exact) mass is 231 g/mol. The molecule has 0 unspecified atom stereocenters. The first-order valence-electron chi connectivity index (χ1n) is 5.15. The number of ether oxygens (including phenoxy) is 1. The molecule has 1 aromatic carbocycles. The van der Waals surface area contributed by atoms with Crippen molar-refractivity contribution in [2.75, 3.05) is 12.0 Å². The third-order valence-electron chi connectivity index (χ3n) is 1.92. The number of carbonyl (C=O) groups is 1. The van der Waals surface area contributed by atoms with Gasteiger partial charge in [0.15, 0.2) is 0 Å². The standard InChI is InChI=1S/C12H13N3O2/c1-3-17-12(16)11(8-13)15-14-10-6-4-9(2)5-7-10/h4-7,14H,3H2,1-2H3/b15-11+. The average molecular weight is 231 g/mol. The molecule has 5 nitrogen and oxygen atoms in total. The first-order chi connectivity index (χ1) is 8.17. The predicted octanol–water partition coefficient (Wildman–Crippen LogP) is 1.85. The number of hydrazone groups is 1. The van der Waals surface area contributed by atoms with Gasteiger partial charge in [0.25, 0.3) is 0 Å². The molecular formula is C12H13N3O2. The summed E-state index contributed by atoms with van der Waals surface area (Å²) in [6.45, 7) is 3.84. The lowest BCUT2D eigenvalue weighted by Gasteiger charge is -2.02. The minimum absolute atomic E-state index is 0.212. The molecule has 0 spiro atoms. The summed E-state index contributed by atoms with van der Waals surface area (Å²) in [5.41, 5.74) is 4.15. The van der Waals surface area contributed by atoms with Crippen LogP contribution in [-0.4, -0.2) is 18.3 Å². The molecule has 0 aromatic heterocycles. The number of nitrogens with zero attached hydrogens (tertiary/aromatic N) is 2. The zero-order valence-corrected chi connectivity index (χ0v) is 9.73. The fraction of sp³-hybridized carbons (Fsp3) is 0.250. The Bertz CT molecular complexity index is 458. The Morgan fingerprint density at radius 2 is 2.12 bits per heavy atom. The van der Waals surface area contributed by atoms with E-state index in [1.165, 1.54) is 0 Å². The number of esters is 1. The number of hydrogen-bond donors (Lipinski definition) is 1. The summed E-state index contributed by atoms with van der Waals surface area (Å²) in [6.07, 6.45) is 0. The molecule has 1 rings (SSSR count). The van der Waals surface area contributed by atoms with E-state index < -0.39 is 5.97 Å². The van der Waals surface area contributed by atoms with Gasteiger partial charge in [-0.05, 0) is 26.0 Å². The molecule has 0 aliphatic rings. The molecule has 0 amide bonds. The second-order valence-electron chi connectivity index (χ2n) is 3.27. The average Bonchev–Trinajstić information content (AvgIpc) is 2.32. The number of anilines is 1. The maximum atomic E-state index is 11.2. The van der Waals surface area contributed by atoms with Crippen LogP contribution in [0.4, 0.5) is 5.69 Å². The number of nitrogens with one attached hydrogen (secondary N) is 1. The maximum Gasteiger partial charge on any atom is 0.369 e. The molecule has 0 saturated heterocycles. The number of aryl methyl sites for hydroxylation is 1. The molecule has 0 aliphatic heterocycles. The highest BCUT2D eigenvalue weighted by Crippen LogP contribution is 2.08. The van der Waals surface area contributed by atoms with Gasteiger partial charge in [-0.15, -0.1) is 0 Å². The highest BCUT2D eigenvalue weighted by molar-refractivity contribution is 6.43. The van der Waals surface area contributed by atoms with Crippen molar-refractivity contribution in [2.24, 2.45) is 5.10 Å². The van der Waals surface area contributed by atoms with Gasteiger partial charge in [-0.25, -0.2) is 4.79 Å². The molecule has 88 valence electrons. The maximum absolute atomic E-state index is 11.2. The zero-order valence-electron chi connectivity index (χ0n) is 9.73. The van der Waals surface area contributed by atoms with E-state index in [1.54, 1.807) is 25.1 Å². The second-order valence-corrected chi connectivity index (χ2v) is 3.27. The number of carbonyl (C=O) groups excluding carboxylic acids is 1. The lowest BCUT2D eigenvalue weighted by molar-refractivity contribution is -0.134. The smallest absolute Gasteiger partial charge is 0.369 e. The van der Waals surface area contributed by atoms with E-state index in [9.17, 15) is 4.79 Å². The number of hydrogen-bond acceptors (Lipinski definition) is 5. The van der Waals surface area contributed by atoms with Gasteiger partial charge in [-0.2, -0.15) is 10.4 Å². The van der Waals surface area contributed by atoms with Gasteiger partial charge in [0.2, 0.25) is 5.71 Å². The highest BCUT2D eigenvalue weighted by Gasteiger charge is 2.11. The van der Waals surface area contributed by atoms with Gasteiger partial charge in [0, 0.05) is 0 Å². The third kappa shape index (κ3) is 3.95. The molecule has 0 fully saturated rings. The quantitative estimate of drug-likeness (QED) is 0.487. The van der Waals surface area contributed by atoms with Crippen LogP contribution in [0, 0.1) is 18.3 Å². The van der Waals surface area contributed by atoms with Crippen molar-refractivity contribution in [3.05, 3.63) is 29.8 Å². The number of benzene rings is 1. The summed E-state index contributed by atoms with van der Waals surface area (Å²) < 4.78 is 4.67. The normalized spacial score (nSPS) is 10.5.